The molecular formula is C17H19NO4S. The maximum absolute atomic E-state index is 11.8. The number of aliphatic hydroxyl groups is 1. The third-order valence-electron chi connectivity index (χ3n) is 3.35. The summed E-state index contributed by atoms with van der Waals surface area (Å²) in [5, 5.41) is 9.80. The van der Waals surface area contributed by atoms with E-state index in [2.05, 4.69) is 4.74 Å². The van der Waals surface area contributed by atoms with Crippen molar-refractivity contribution in [3.05, 3.63) is 54.1 Å². The number of aliphatic hydroxyl groups excluding tert-OH is 1. The van der Waals surface area contributed by atoms with Gasteiger partial charge in [-0.1, -0.05) is 24.3 Å². The molecule has 2 rings (SSSR count). The lowest BCUT2D eigenvalue weighted by Gasteiger charge is -2.22. The lowest BCUT2D eigenvalue weighted by molar-refractivity contribution is -0.150. The second-order valence-corrected chi connectivity index (χ2v) is 6.00. The first-order valence-electron chi connectivity index (χ1n) is 6.97. The van der Waals surface area contributed by atoms with Crippen LogP contribution < -0.4 is 10.5 Å². The Hall–Kier alpha value is -2.18. The number of thioether (sulfide) groups is 1. The van der Waals surface area contributed by atoms with Gasteiger partial charge >= 0.3 is 5.97 Å². The number of hydrogen-bond donors (Lipinski definition) is 2. The van der Waals surface area contributed by atoms with E-state index < -0.39 is 17.3 Å². The predicted molar refractivity (Wildman–Crippen MR) is 90.5 cm³/mol. The third kappa shape index (κ3) is 4.18. The van der Waals surface area contributed by atoms with Crippen LogP contribution in [0.15, 0.2) is 53.4 Å². The number of carbonyl (C=O) groups is 1. The molecule has 0 aliphatic heterocycles. The zero-order valence-electron chi connectivity index (χ0n) is 12.9. The molecule has 0 heterocycles. The minimum absolute atomic E-state index is 0.543. The van der Waals surface area contributed by atoms with Crippen LogP contribution >= 0.6 is 11.8 Å². The van der Waals surface area contributed by atoms with E-state index in [0.717, 1.165) is 10.5 Å². The first-order chi connectivity index (χ1) is 11.1. The number of anilines is 1. The Bertz CT molecular complexity index is 660. The van der Waals surface area contributed by atoms with Crippen LogP contribution in [0.25, 0.3) is 0 Å². The number of rotatable bonds is 6. The number of benzene rings is 2. The molecule has 0 spiro atoms. The highest BCUT2D eigenvalue weighted by Gasteiger charge is 2.30. The highest BCUT2D eigenvalue weighted by molar-refractivity contribution is 7.99. The van der Waals surface area contributed by atoms with Gasteiger partial charge in [-0.3, -0.25) is 0 Å². The van der Waals surface area contributed by atoms with Crippen molar-refractivity contribution in [2.45, 2.75) is 16.2 Å². The lowest BCUT2D eigenvalue weighted by Crippen LogP contribution is -2.27. The van der Waals surface area contributed by atoms with Crippen LogP contribution in [-0.4, -0.2) is 31.4 Å². The molecule has 0 saturated carbocycles. The number of esters is 1. The molecule has 6 heteroatoms. The fraction of sp³-hybridized carbons (Fsp3) is 0.235. The molecule has 0 aliphatic rings. The molecule has 3 N–H and O–H groups in total. The molecule has 122 valence electrons. The maximum atomic E-state index is 11.8. The predicted octanol–water partition coefficient (Wildman–Crippen LogP) is 2.64. The first kappa shape index (κ1) is 17.2. The zero-order chi connectivity index (χ0) is 16.8. The van der Waals surface area contributed by atoms with E-state index in [1.165, 1.54) is 18.9 Å². The minimum Gasteiger partial charge on any atom is -0.497 e. The van der Waals surface area contributed by atoms with Gasteiger partial charge in [0.1, 0.15) is 5.75 Å². The van der Waals surface area contributed by atoms with Crippen LogP contribution in [0, 0.1) is 0 Å². The molecule has 0 saturated heterocycles. The van der Waals surface area contributed by atoms with E-state index in [1.807, 2.05) is 30.3 Å². The van der Waals surface area contributed by atoms with E-state index >= 15 is 0 Å². The normalized spacial score (nSPS) is 13.2. The average Bonchev–Trinajstić information content (AvgIpc) is 2.60. The van der Waals surface area contributed by atoms with Gasteiger partial charge in [-0.2, -0.15) is 0 Å². The van der Waals surface area contributed by atoms with Crippen LogP contribution in [0.1, 0.15) is 10.8 Å². The summed E-state index contributed by atoms with van der Waals surface area (Å²) in [5.74, 6) is 0.0112. The van der Waals surface area contributed by atoms with Crippen LogP contribution in [-0.2, 0) is 9.53 Å². The highest BCUT2D eigenvalue weighted by Crippen LogP contribution is 2.40. The van der Waals surface area contributed by atoms with Crippen molar-refractivity contribution in [2.75, 3.05) is 20.0 Å². The fourth-order valence-corrected chi connectivity index (χ4v) is 3.25. The molecule has 5 nitrogen and oxygen atoms in total. The zero-order valence-corrected chi connectivity index (χ0v) is 13.7. The summed E-state index contributed by atoms with van der Waals surface area (Å²) < 4.78 is 9.80. The van der Waals surface area contributed by atoms with Crippen molar-refractivity contribution in [3.8, 4) is 5.75 Å². The summed E-state index contributed by atoms with van der Waals surface area (Å²) in [5.41, 5.74) is 7.33. The lowest BCUT2D eigenvalue weighted by atomic mass is 10.1. The monoisotopic (exact) mass is 333 g/mol. The second-order valence-electron chi connectivity index (χ2n) is 4.82. The Morgan fingerprint density at radius 3 is 2.35 bits per heavy atom. The number of carbonyl (C=O) groups excluding carboxylic acids is 1. The van der Waals surface area contributed by atoms with Gasteiger partial charge in [0.2, 0.25) is 0 Å². The van der Waals surface area contributed by atoms with Gasteiger partial charge in [0.25, 0.3) is 0 Å². The summed E-state index contributed by atoms with van der Waals surface area (Å²) >= 11 is 1.32. The number of nitrogen functional groups attached to an aromatic ring is 1. The molecule has 0 radical (unpaired) electrons. The van der Waals surface area contributed by atoms with Gasteiger partial charge in [0.05, 0.1) is 19.5 Å². The summed E-state index contributed by atoms with van der Waals surface area (Å²) in [7, 11) is 2.83. The van der Waals surface area contributed by atoms with Crippen LogP contribution in [0.2, 0.25) is 0 Å². The van der Waals surface area contributed by atoms with Crippen molar-refractivity contribution in [1.82, 2.24) is 0 Å². The van der Waals surface area contributed by atoms with Crippen molar-refractivity contribution in [2.24, 2.45) is 0 Å². The van der Waals surface area contributed by atoms with Gasteiger partial charge in [0.15, 0.2) is 6.10 Å². The molecule has 0 aromatic heterocycles. The van der Waals surface area contributed by atoms with E-state index in [1.54, 1.807) is 25.3 Å². The Kier molecular flexibility index (Phi) is 5.90. The minimum atomic E-state index is -1.31. The number of hydrogen-bond acceptors (Lipinski definition) is 6. The Balaban J connectivity index is 2.34. The molecule has 0 fully saturated rings. The third-order valence-corrected chi connectivity index (χ3v) is 4.76. The molecule has 0 unspecified atom stereocenters. The van der Waals surface area contributed by atoms with Crippen LogP contribution in [0.3, 0.4) is 0 Å². The number of para-hydroxylation sites is 1. The average molecular weight is 333 g/mol. The van der Waals surface area contributed by atoms with E-state index in [0.29, 0.717) is 11.4 Å². The number of methoxy groups -OCH3 is 2. The van der Waals surface area contributed by atoms with Crippen molar-refractivity contribution in [3.63, 3.8) is 0 Å². The summed E-state index contributed by atoms with van der Waals surface area (Å²) in [4.78, 5) is 12.6. The number of nitrogens with two attached hydrogens (primary N) is 1. The van der Waals surface area contributed by atoms with E-state index in [-0.39, 0.29) is 0 Å². The molecule has 2 atom stereocenters. The Morgan fingerprint density at radius 2 is 1.78 bits per heavy atom. The van der Waals surface area contributed by atoms with Crippen molar-refractivity contribution < 1.29 is 19.4 Å². The smallest absolute Gasteiger partial charge is 0.336 e. The largest absolute Gasteiger partial charge is 0.497 e. The number of ether oxygens (including phenoxy) is 2. The maximum Gasteiger partial charge on any atom is 0.336 e. The molecule has 2 aromatic rings. The SMILES string of the molecule is COC(=O)[C@H](O)[C@H](Sc1ccccc1N)c1ccc(OC)cc1. The van der Waals surface area contributed by atoms with E-state index in [9.17, 15) is 9.90 Å². The molecule has 0 amide bonds. The Labute approximate surface area is 139 Å². The van der Waals surface area contributed by atoms with Gasteiger partial charge < -0.3 is 20.3 Å². The summed E-state index contributed by atoms with van der Waals surface area (Å²) in [6.07, 6.45) is -1.31. The Morgan fingerprint density at radius 1 is 1.13 bits per heavy atom. The van der Waals surface area contributed by atoms with Gasteiger partial charge in [-0.05, 0) is 29.8 Å². The molecule has 0 aliphatic carbocycles. The van der Waals surface area contributed by atoms with Crippen molar-refractivity contribution >= 4 is 23.4 Å². The standard InChI is InChI=1S/C17H19NO4S/c1-21-12-9-7-11(8-10-12)16(15(19)17(20)22-2)23-14-6-4-3-5-13(14)18/h3-10,15-16,19H,18H2,1-2H3/t15-,16-/m1/s1. The topological polar surface area (TPSA) is 81.8 Å². The molecular weight excluding hydrogens is 314 g/mol. The molecule has 2 aromatic carbocycles. The second kappa shape index (κ2) is 7.89. The van der Waals surface area contributed by atoms with Gasteiger partial charge in [-0.25, -0.2) is 4.79 Å². The first-order valence-corrected chi connectivity index (χ1v) is 7.85. The summed E-state index contributed by atoms with van der Waals surface area (Å²) in [6, 6.07) is 14.5. The van der Waals surface area contributed by atoms with Gasteiger partial charge in [-0.15, -0.1) is 11.8 Å². The fourth-order valence-electron chi connectivity index (χ4n) is 2.08. The summed E-state index contributed by atoms with van der Waals surface area (Å²) in [6.45, 7) is 0. The quantitative estimate of drug-likeness (QED) is 0.480. The molecule has 23 heavy (non-hydrogen) atoms. The van der Waals surface area contributed by atoms with Crippen LogP contribution in [0.5, 0.6) is 5.75 Å². The highest BCUT2D eigenvalue weighted by atomic mass is 32.2. The van der Waals surface area contributed by atoms with Gasteiger partial charge in [0, 0.05) is 10.6 Å². The van der Waals surface area contributed by atoms with Crippen molar-refractivity contribution in [1.29, 1.82) is 0 Å². The van der Waals surface area contributed by atoms with Crippen LogP contribution in [0.4, 0.5) is 5.69 Å². The molecule has 0 bridgehead atoms. The van der Waals surface area contributed by atoms with E-state index in [4.69, 9.17) is 10.5 Å².